The van der Waals surface area contributed by atoms with Crippen molar-refractivity contribution in [3.63, 3.8) is 0 Å². The van der Waals surface area contributed by atoms with Gasteiger partial charge in [-0.2, -0.15) is 0 Å². The van der Waals surface area contributed by atoms with E-state index in [0.29, 0.717) is 13.0 Å². The number of nitrogens with zero attached hydrogens (tertiary/aromatic N) is 1. The van der Waals surface area contributed by atoms with Crippen molar-refractivity contribution in [2.45, 2.75) is 25.5 Å². The lowest BCUT2D eigenvalue weighted by Gasteiger charge is -2.18. The van der Waals surface area contributed by atoms with Gasteiger partial charge in [0.2, 0.25) is 5.91 Å². The molecule has 104 valence electrons. The zero-order chi connectivity index (χ0) is 14.0. The Balaban J connectivity index is 2.07. The molecule has 0 bridgehead atoms. The topological polar surface area (TPSA) is 64.6 Å². The number of aliphatic hydroxyl groups excluding tert-OH is 1. The van der Waals surface area contributed by atoms with Gasteiger partial charge in [-0.05, 0) is 31.0 Å². The summed E-state index contributed by atoms with van der Waals surface area (Å²) in [5, 5.41) is 15.3. The van der Waals surface area contributed by atoms with Crippen molar-refractivity contribution in [1.82, 2.24) is 5.32 Å². The summed E-state index contributed by atoms with van der Waals surface area (Å²) in [5.74, 6) is -0.0925. The van der Waals surface area contributed by atoms with E-state index in [4.69, 9.17) is 0 Å². The van der Waals surface area contributed by atoms with Gasteiger partial charge in [0, 0.05) is 32.0 Å². The van der Waals surface area contributed by atoms with Crippen LogP contribution in [0.4, 0.5) is 11.4 Å². The Labute approximate surface area is 113 Å². The summed E-state index contributed by atoms with van der Waals surface area (Å²) in [6, 6.07) is 5.53. The number of hydrogen-bond donors (Lipinski definition) is 3. The Morgan fingerprint density at radius 3 is 2.79 bits per heavy atom. The molecule has 1 saturated heterocycles. The predicted molar refractivity (Wildman–Crippen MR) is 76.6 cm³/mol. The predicted octanol–water partition coefficient (Wildman–Crippen LogP) is 0.722. The van der Waals surface area contributed by atoms with Crippen molar-refractivity contribution in [2.75, 3.05) is 30.9 Å². The third-order valence-corrected chi connectivity index (χ3v) is 3.38. The molecule has 1 aliphatic rings. The van der Waals surface area contributed by atoms with Gasteiger partial charge < -0.3 is 20.6 Å². The summed E-state index contributed by atoms with van der Waals surface area (Å²) in [7, 11) is 3.95. The SMILES string of the molecule is Cc1ccc(NC(=O)C2CC(O)CN2)cc1N(C)C. The fourth-order valence-electron chi connectivity index (χ4n) is 2.32. The largest absolute Gasteiger partial charge is 0.392 e. The number of hydrogen-bond acceptors (Lipinski definition) is 4. The standard InChI is InChI=1S/C14H21N3O2/c1-9-4-5-10(6-13(9)17(2)3)16-14(19)12-7-11(18)8-15-12/h4-6,11-12,15,18H,7-8H2,1-3H3,(H,16,19). The highest BCUT2D eigenvalue weighted by Gasteiger charge is 2.27. The van der Waals surface area contributed by atoms with Crippen LogP contribution < -0.4 is 15.5 Å². The maximum absolute atomic E-state index is 12.0. The summed E-state index contributed by atoms with van der Waals surface area (Å²) in [6.45, 7) is 2.52. The van der Waals surface area contributed by atoms with E-state index in [0.717, 1.165) is 16.9 Å². The number of anilines is 2. The molecule has 2 atom stereocenters. The van der Waals surface area contributed by atoms with Crippen LogP contribution in [0.5, 0.6) is 0 Å². The number of carbonyl (C=O) groups excluding carboxylic acids is 1. The van der Waals surface area contributed by atoms with Gasteiger partial charge >= 0.3 is 0 Å². The highest BCUT2D eigenvalue weighted by atomic mass is 16.3. The van der Waals surface area contributed by atoms with Gasteiger partial charge in [0.15, 0.2) is 0 Å². The first-order chi connectivity index (χ1) is 8.97. The molecule has 1 aromatic rings. The van der Waals surface area contributed by atoms with Crippen LogP contribution >= 0.6 is 0 Å². The zero-order valence-corrected chi connectivity index (χ0v) is 11.6. The lowest BCUT2D eigenvalue weighted by atomic mass is 10.1. The Morgan fingerprint density at radius 1 is 1.47 bits per heavy atom. The van der Waals surface area contributed by atoms with E-state index in [1.807, 2.05) is 44.1 Å². The number of rotatable bonds is 3. The Bertz CT molecular complexity index is 474. The first-order valence-corrected chi connectivity index (χ1v) is 6.47. The lowest BCUT2D eigenvalue weighted by molar-refractivity contribution is -0.117. The molecule has 0 aromatic heterocycles. The maximum atomic E-state index is 12.0. The maximum Gasteiger partial charge on any atom is 0.241 e. The van der Waals surface area contributed by atoms with E-state index in [1.165, 1.54) is 0 Å². The van der Waals surface area contributed by atoms with Crippen molar-refractivity contribution in [2.24, 2.45) is 0 Å². The highest BCUT2D eigenvalue weighted by Crippen LogP contribution is 2.23. The van der Waals surface area contributed by atoms with Crippen LogP contribution in [0.1, 0.15) is 12.0 Å². The lowest BCUT2D eigenvalue weighted by Crippen LogP contribution is -2.35. The van der Waals surface area contributed by atoms with Crippen molar-refractivity contribution in [3.05, 3.63) is 23.8 Å². The molecule has 2 unspecified atom stereocenters. The molecule has 2 rings (SSSR count). The summed E-state index contributed by atoms with van der Waals surface area (Å²) in [4.78, 5) is 14.0. The summed E-state index contributed by atoms with van der Waals surface area (Å²) in [6.07, 6.45) is 0.0456. The van der Waals surface area contributed by atoms with E-state index in [1.54, 1.807) is 0 Å². The van der Waals surface area contributed by atoms with Crippen molar-refractivity contribution < 1.29 is 9.90 Å². The van der Waals surface area contributed by atoms with Crippen LogP contribution in [0.2, 0.25) is 0 Å². The molecule has 0 radical (unpaired) electrons. The number of amides is 1. The Kier molecular flexibility index (Phi) is 4.07. The molecule has 1 aliphatic heterocycles. The van der Waals surface area contributed by atoms with E-state index in [9.17, 15) is 9.90 Å². The molecule has 19 heavy (non-hydrogen) atoms. The van der Waals surface area contributed by atoms with E-state index >= 15 is 0 Å². The second kappa shape index (κ2) is 5.59. The Hall–Kier alpha value is -1.59. The monoisotopic (exact) mass is 263 g/mol. The molecule has 1 aromatic carbocycles. The number of benzene rings is 1. The third kappa shape index (κ3) is 3.24. The van der Waals surface area contributed by atoms with Gasteiger partial charge in [0.05, 0.1) is 12.1 Å². The summed E-state index contributed by atoms with van der Waals surface area (Å²) >= 11 is 0. The molecule has 1 fully saturated rings. The minimum Gasteiger partial charge on any atom is -0.392 e. The molecule has 5 nitrogen and oxygen atoms in total. The van der Waals surface area contributed by atoms with Crippen LogP contribution in [-0.2, 0) is 4.79 Å². The summed E-state index contributed by atoms with van der Waals surface area (Å²) in [5.41, 5.74) is 3.03. The molecule has 3 N–H and O–H groups in total. The van der Waals surface area contributed by atoms with Crippen LogP contribution in [0.3, 0.4) is 0 Å². The first-order valence-electron chi connectivity index (χ1n) is 6.47. The number of aliphatic hydroxyl groups is 1. The van der Waals surface area contributed by atoms with Gasteiger partial charge in [0.1, 0.15) is 0 Å². The molecular weight excluding hydrogens is 242 g/mol. The summed E-state index contributed by atoms with van der Waals surface area (Å²) < 4.78 is 0. The number of β-amino-alcohol motifs (C(OH)–C–C–N with tert-alkyl or cyclic N) is 1. The van der Waals surface area contributed by atoms with Crippen LogP contribution in [-0.4, -0.2) is 43.8 Å². The number of aryl methyl sites for hydroxylation is 1. The average molecular weight is 263 g/mol. The van der Waals surface area contributed by atoms with Crippen LogP contribution in [0.15, 0.2) is 18.2 Å². The second-order valence-corrected chi connectivity index (χ2v) is 5.24. The van der Waals surface area contributed by atoms with E-state index in [-0.39, 0.29) is 11.9 Å². The van der Waals surface area contributed by atoms with Gasteiger partial charge in [-0.25, -0.2) is 0 Å². The molecule has 1 heterocycles. The molecule has 1 amide bonds. The van der Waals surface area contributed by atoms with Crippen molar-refractivity contribution in [1.29, 1.82) is 0 Å². The van der Waals surface area contributed by atoms with Gasteiger partial charge in [-0.1, -0.05) is 6.07 Å². The molecular formula is C14H21N3O2. The fourth-order valence-corrected chi connectivity index (χ4v) is 2.32. The number of nitrogens with one attached hydrogen (secondary N) is 2. The zero-order valence-electron chi connectivity index (χ0n) is 11.6. The minimum absolute atomic E-state index is 0.0925. The van der Waals surface area contributed by atoms with Gasteiger partial charge in [-0.3, -0.25) is 4.79 Å². The van der Waals surface area contributed by atoms with Crippen LogP contribution in [0.25, 0.3) is 0 Å². The average Bonchev–Trinajstić information content (AvgIpc) is 2.78. The second-order valence-electron chi connectivity index (χ2n) is 5.24. The van der Waals surface area contributed by atoms with Gasteiger partial charge in [-0.15, -0.1) is 0 Å². The van der Waals surface area contributed by atoms with Crippen molar-refractivity contribution in [3.8, 4) is 0 Å². The molecule has 0 aliphatic carbocycles. The third-order valence-electron chi connectivity index (χ3n) is 3.38. The highest BCUT2D eigenvalue weighted by molar-refractivity contribution is 5.95. The van der Waals surface area contributed by atoms with Crippen molar-refractivity contribution >= 4 is 17.3 Å². The smallest absolute Gasteiger partial charge is 0.241 e. The van der Waals surface area contributed by atoms with E-state index in [2.05, 4.69) is 10.6 Å². The first kappa shape index (κ1) is 13.8. The minimum atomic E-state index is -0.425. The fraction of sp³-hybridized carbons (Fsp3) is 0.500. The quantitative estimate of drug-likeness (QED) is 0.752. The van der Waals surface area contributed by atoms with Gasteiger partial charge in [0.25, 0.3) is 0 Å². The van der Waals surface area contributed by atoms with E-state index < -0.39 is 6.10 Å². The number of carbonyl (C=O) groups is 1. The van der Waals surface area contributed by atoms with Crippen LogP contribution in [0, 0.1) is 6.92 Å². The molecule has 0 spiro atoms. The molecule has 5 heteroatoms. The Morgan fingerprint density at radius 2 is 2.21 bits per heavy atom. The molecule has 0 saturated carbocycles. The normalized spacial score (nSPS) is 22.3.